The van der Waals surface area contributed by atoms with Gasteiger partial charge in [-0.25, -0.2) is 0 Å². The standard InChI is InChI=1S/C19H21F2NO3/c1-4-12(2)18(23)22-14-7-10-17(25-19(20)21)16(11-14)13-5-8-15(24-3)9-6-13/h5-12,19H,4H2,1-3H3,(H,22,23). The van der Waals surface area contributed by atoms with Gasteiger partial charge in [-0.05, 0) is 42.3 Å². The summed E-state index contributed by atoms with van der Waals surface area (Å²) < 4.78 is 35.1. The van der Waals surface area contributed by atoms with Crippen molar-refractivity contribution in [1.82, 2.24) is 0 Å². The summed E-state index contributed by atoms with van der Waals surface area (Å²) in [5, 5.41) is 2.80. The summed E-state index contributed by atoms with van der Waals surface area (Å²) in [6.07, 6.45) is 0.712. The molecule has 0 fully saturated rings. The number of rotatable bonds is 7. The molecule has 1 unspecified atom stereocenters. The molecule has 1 atom stereocenters. The van der Waals surface area contributed by atoms with Gasteiger partial charge in [-0.3, -0.25) is 4.79 Å². The summed E-state index contributed by atoms with van der Waals surface area (Å²) in [5.74, 6) is 0.440. The van der Waals surface area contributed by atoms with Gasteiger partial charge in [0.05, 0.1) is 7.11 Å². The lowest BCUT2D eigenvalue weighted by Crippen LogP contribution is -2.19. The Balaban J connectivity index is 2.38. The van der Waals surface area contributed by atoms with Crippen LogP contribution in [0, 0.1) is 5.92 Å². The fourth-order valence-electron chi connectivity index (χ4n) is 2.25. The van der Waals surface area contributed by atoms with Crippen molar-refractivity contribution in [1.29, 1.82) is 0 Å². The second-order valence-corrected chi connectivity index (χ2v) is 5.62. The SMILES string of the molecule is CCC(C)C(=O)Nc1ccc(OC(F)F)c(-c2ccc(OC)cc2)c1. The zero-order chi connectivity index (χ0) is 18.4. The van der Waals surface area contributed by atoms with Crippen molar-refractivity contribution in [2.45, 2.75) is 26.9 Å². The summed E-state index contributed by atoms with van der Waals surface area (Å²) in [5.41, 5.74) is 1.67. The zero-order valence-electron chi connectivity index (χ0n) is 14.4. The topological polar surface area (TPSA) is 47.6 Å². The Bertz CT molecular complexity index is 717. The highest BCUT2D eigenvalue weighted by Crippen LogP contribution is 2.34. The van der Waals surface area contributed by atoms with Gasteiger partial charge in [-0.15, -0.1) is 0 Å². The molecule has 1 N–H and O–H groups in total. The average molecular weight is 349 g/mol. The van der Waals surface area contributed by atoms with Crippen LogP contribution in [0.15, 0.2) is 42.5 Å². The van der Waals surface area contributed by atoms with E-state index in [2.05, 4.69) is 10.1 Å². The van der Waals surface area contributed by atoms with E-state index in [1.165, 1.54) is 6.07 Å². The van der Waals surface area contributed by atoms with Crippen molar-refractivity contribution < 1.29 is 23.0 Å². The van der Waals surface area contributed by atoms with Crippen LogP contribution in [-0.2, 0) is 4.79 Å². The summed E-state index contributed by atoms with van der Waals surface area (Å²) in [7, 11) is 1.55. The Hall–Kier alpha value is -2.63. The zero-order valence-corrected chi connectivity index (χ0v) is 14.4. The van der Waals surface area contributed by atoms with E-state index in [1.807, 2.05) is 13.8 Å². The Morgan fingerprint density at radius 3 is 2.40 bits per heavy atom. The van der Waals surface area contributed by atoms with Crippen LogP contribution in [0.25, 0.3) is 11.1 Å². The first-order chi connectivity index (χ1) is 11.9. The summed E-state index contributed by atoms with van der Waals surface area (Å²) in [6, 6.07) is 11.5. The van der Waals surface area contributed by atoms with E-state index in [0.717, 1.165) is 0 Å². The highest BCUT2D eigenvalue weighted by Gasteiger charge is 2.15. The molecule has 2 rings (SSSR count). The fourth-order valence-corrected chi connectivity index (χ4v) is 2.25. The number of nitrogens with one attached hydrogen (secondary N) is 1. The van der Waals surface area contributed by atoms with E-state index < -0.39 is 6.61 Å². The normalized spacial score (nSPS) is 11.9. The highest BCUT2D eigenvalue weighted by atomic mass is 19.3. The molecule has 0 aliphatic carbocycles. The van der Waals surface area contributed by atoms with Gasteiger partial charge in [0, 0.05) is 17.2 Å². The van der Waals surface area contributed by atoms with Crippen molar-refractivity contribution in [3.05, 3.63) is 42.5 Å². The van der Waals surface area contributed by atoms with Gasteiger partial charge in [0.2, 0.25) is 5.91 Å². The number of carbonyl (C=O) groups excluding carboxylic acids is 1. The number of alkyl halides is 2. The molecule has 0 aromatic heterocycles. The van der Waals surface area contributed by atoms with E-state index in [-0.39, 0.29) is 17.6 Å². The van der Waals surface area contributed by atoms with Crippen LogP contribution in [0.5, 0.6) is 11.5 Å². The molecule has 134 valence electrons. The minimum absolute atomic E-state index is 0.0432. The number of ether oxygens (including phenoxy) is 2. The smallest absolute Gasteiger partial charge is 0.387 e. The lowest BCUT2D eigenvalue weighted by atomic mass is 10.0. The number of methoxy groups -OCH3 is 1. The molecular formula is C19H21F2NO3. The van der Waals surface area contributed by atoms with E-state index >= 15 is 0 Å². The summed E-state index contributed by atoms with van der Waals surface area (Å²) in [6.45, 7) is 0.818. The van der Waals surface area contributed by atoms with Gasteiger partial charge in [-0.2, -0.15) is 8.78 Å². The number of anilines is 1. The maximum absolute atomic E-state index is 12.7. The Morgan fingerprint density at radius 2 is 1.84 bits per heavy atom. The van der Waals surface area contributed by atoms with E-state index in [1.54, 1.807) is 43.5 Å². The van der Waals surface area contributed by atoms with Crippen LogP contribution in [-0.4, -0.2) is 19.6 Å². The average Bonchev–Trinajstić information content (AvgIpc) is 2.61. The number of hydrogen-bond donors (Lipinski definition) is 1. The van der Waals surface area contributed by atoms with Crippen LogP contribution in [0.4, 0.5) is 14.5 Å². The molecule has 0 saturated heterocycles. The molecule has 4 nitrogen and oxygen atoms in total. The minimum Gasteiger partial charge on any atom is -0.497 e. The molecule has 0 aliphatic rings. The molecule has 6 heteroatoms. The van der Waals surface area contributed by atoms with Crippen molar-refractivity contribution in [3.8, 4) is 22.6 Å². The maximum atomic E-state index is 12.7. The first kappa shape index (κ1) is 18.7. The van der Waals surface area contributed by atoms with Crippen LogP contribution < -0.4 is 14.8 Å². The predicted molar refractivity (Wildman–Crippen MR) is 93.1 cm³/mol. The molecule has 0 saturated carbocycles. The number of hydrogen-bond acceptors (Lipinski definition) is 3. The molecule has 25 heavy (non-hydrogen) atoms. The van der Waals surface area contributed by atoms with Crippen LogP contribution in [0.1, 0.15) is 20.3 Å². The van der Waals surface area contributed by atoms with Gasteiger partial charge in [-0.1, -0.05) is 26.0 Å². The summed E-state index contributed by atoms with van der Waals surface area (Å²) >= 11 is 0. The van der Waals surface area contributed by atoms with Gasteiger partial charge in [0.15, 0.2) is 0 Å². The first-order valence-electron chi connectivity index (χ1n) is 7.98. The van der Waals surface area contributed by atoms with Gasteiger partial charge in [0.25, 0.3) is 0 Å². The minimum atomic E-state index is -2.93. The second-order valence-electron chi connectivity index (χ2n) is 5.62. The van der Waals surface area contributed by atoms with Crippen LogP contribution >= 0.6 is 0 Å². The van der Waals surface area contributed by atoms with Crippen molar-refractivity contribution in [2.75, 3.05) is 12.4 Å². The van der Waals surface area contributed by atoms with Gasteiger partial charge >= 0.3 is 6.61 Å². The largest absolute Gasteiger partial charge is 0.497 e. The van der Waals surface area contributed by atoms with Crippen molar-refractivity contribution in [3.63, 3.8) is 0 Å². The molecule has 0 spiro atoms. The lowest BCUT2D eigenvalue weighted by molar-refractivity contribution is -0.119. The molecule has 0 aliphatic heterocycles. The monoisotopic (exact) mass is 349 g/mol. The van der Waals surface area contributed by atoms with Gasteiger partial charge < -0.3 is 14.8 Å². The number of halogens is 2. The highest BCUT2D eigenvalue weighted by molar-refractivity contribution is 5.93. The first-order valence-corrected chi connectivity index (χ1v) is 7.98. The van der Waals surface area contributed by atoms with Crippen LogP contribution in [0.3, 0.4) is 0 Å². The number of benzene rings is 2. The Labute approximate surface area is 145 Å². The third-order valence-corrected chi connectivity index (χ3v) is 3.92. The predicted octanol–water partition coefficient (Wildman–Crippen LogP) is 4.95. The molecule has 2 aromatic carbocycles. The molecule has 0 bridgehead atoms. The molecule has 1 amide bonds. The molecule has 2 aromatic rings. The quantitative estimate of drug-likeness (QED) is 0.769. The van der Waals surface area contributed by atoms with Crippen molar-refractivity contribution >= 4 is 11.6 Å². The number of amides is 1. The lowest BCUT2D eigenvalue weighted by Gasteiger charge is -2.15. The van der Waals surface area contributed by atoms with E-state index in [9.17, 15) is 13.6 Å². The molecular weight excluding hydrogens is 328 g/mol. The Morgan fingerprint density at radius 1 is 1.16 bits per heavy atom. The third-order valence-electron chi connectivity index (χ3n) is 3.92. The number of carbonyl (C=O) groups is 1. The molecule has 0 heterocycles. The van der Waals surface area contributed by atoms with E-state index in [0.29, 0.717) is 29.0 Å². The van der Waals surface area contributed by atoms with Crippen molar-refractivity contribution in [2.24, 2.45) is 5.92 Å². The molecule has 0 radical (unpaired) electrons. The Kier molecular flexibility index (Phi) is 6.33. The fraction of sp³-hybridized carbons (Fsp3) is 0.316. The van der Waals surface area contributed by atoms with E-state index in [4.69, 9.17) is 4.74 Å². The summed E-state index contributed by atoms with van der Waals surface area (Å²) in [4.78, 5) is 12.1. The maximum Gasteiger partial charge on any atom is 0.387 e. The van der Waals surface area contributed by atoms with Gasteiger partial charge in [0.1, 0.15) is 11.5 Å². The third kappa shape index (κ3) is 4.92. The van der Waals surface area contributed by atoms with Crippen LogP contribution in [0.2, 0.25) is 0 Å². The second kappa shape index (κ2) is 8.46.